The largest absolute Gasteiger partial charge is 0.550 e. The molecule has 0 N–H and O–H groups in total. The van der Waals surface area contributed by atoms with Gasteiger partial charge in [-0.05, 0) is 6.42 Å². The van der Waals surface area contributed by atoms with Gasteiger partial charge >= 0.3 is 0 Å². The summed E-state index contributed by atoms with van der Waals surface area (Å²) in [7, 11) is 0. The zero-order chi connectivity index (χ0) is 6.99. The van der Waals surface area contributed by atoms with Crippen LogP contribution < -0.4 is 5.11 Å². The second-order valence-electron chi connectivity index (χ2n) is 1.43. The van der Waals surface area contributed by atoms with Gasteiger partial charge in [0.05, 0.1) is 0 Å². The van der Waals surface area contributed by atoms with Gasteiger partial charge in [0.2, 0.25) is 0 Å². The van der Waals surface area contributed by atoms with Crippen LogP contribution in [0.3, 0.4) is 0 Å². The van der Waals surface area contributed by atoms with Crippen molar-refractivity contribution in [3.05, 3.63) is 0 Å². The fourth-order valence-corrected chi connectivity index (χ4v) is 0. The van der Waals surface area contributed by atoms with Crippen molar-refractivity contribution in [2.24, 2.45) is 0 Å². The second kappa shape index (κ2) is 9.69. The summed E-state index contributed by atoms with van der Waals surface area (Å²) < 4.78 is 0. The van der Waals surface area contributed by atoms with Gasteiger partial charge in [-0.2, -0.15) is 0 Å². The molecule has 0 heterocycles. The fourth-order valence-electron chi connectivity index (χ4n) is 0. The van der Waals surface area contributed by atoms with E-state index >= 15 is 0 Å². The lowest BCUT2D eigenvalue weighted by atomic mass is 10.5. The molecule has 0 aliphatic rings. The first-order chi connectivity index (χ1) is 3.68. The third-order valence-electron chi connectivity index (χ3n) is 0.289. The average molecular weight is 117 g/mol. The van der Waals surface area contributed by atoms with E-state index in [-0.39, 0.29) is 6.42 Å². The zero-order valence-corrected chi connectivity index (χ0v) is 5.73. The number of aliphatic carboxylic acids is 1. The van der Waals surface area contributed by atoms with E-state index in [1.165, 1.54) is 13.3 Å². The molecular formula is C6H13O2-. The lowest BCUT2D eigenvalue weighted by molar-refractivity contribution is -0.305. The molecule has 0 aromatic carbocycles. The Hall–Kier alpha value is -0.530. The highest BCUT2D eigenvalue weighted by Crippen LogP contribution is 1.61. The second-order valence-corrected chi connectivity index (χ2v) is 1.43. The van der Waals surface area contributed by atoms with Crippen LogP contribution in [0.5, 0.6) is 0 Å². The molecule has 0 atom stereocenters. The molecular weight excluding hydrogens is 104 g/mol. The quantitative estimate of drug-likeness (QED) is 0.503. The predicted octanol–water partition coefficient (Wildman–Crippen LogP) is 0.563. The van der Waals surface area contributed by atoms with E-state index in [1.54, 1.807) is 0 Å². The standard InChI is InChI=1S/C3H6O2.C3H8/c1-2-3(4)5;1-3-2/h2H2,1H3,(H,4,5);3H2,1-2H3/p-1. The molecule has 8 heavy (non-hydrogen) atoms. The molecule has 50 valence electrons. The van der Waals surface area contributed by atoms with Gasteiger partial charge in [-0.15, -0.1) is 0 Å². The van der Waals surface area contributed by atoms with Crippen LogP contribution in [0.15, 0.2) is 0 Å². The molecule has 0 saturated carbocycles. The van der Waals surface area contributed by atoms with Crippen LogP contribution in [0, 0.1) is 0 Å². The minimum atomic E-state index is -0.995. The van der Waals surface area contributed by atoms with Crippen molar-refractivity contribution in [3.63, 3.8) is 0 Å². The van der Waals surface area contributed by atoms with Gasteiger partial charge in [0.25, 0.3) is 0 Å². The normalized spacial score (nSPS) is 6.88. The summed E-state index contributed by atoms with van der Waals surface area (Å²) in [4.78, 5) is 9.26. The molecule has 0 aromatic rings. The molecule has 0 amide bonds. The van der Waals surface area contributed by atoms with E-state index in [4.69, 9.17) is 0 Å². The molecule has 2 heteroatoms. The average Bonchev–Trinajstić information content (AvgIpc) is 1.69. The predicted molar refractivity (Wildman–Crippen MR) is 31.3 cm³/mol. The molecule has 0 fully saturated rings. The summed E-state index contributed by atoms with van der Waals surface area (Å²) >= 11 is 0. The maximum absolute atomic E-state index is 9.26. The van der Waals surface area contributed by atoms with Crippen molar-refractivity contribution in [2.45, 2.75) is 33.6 Å². The van der Waals surface area contributed by atoms with Crippen molar-refractivity contribution in [2.75, 3.05) is 0 Å². The maximum atomic E-state index is 9.26. The van der Waals surface area contributed by atoms with Gasteiger partial charge in [-0.1, -0.05) is 27.2 Å². The summed E-state index contributed by atoms with van der Waals surface area (Å²) in [6, 6.07) is 0. The molecule has 0 rings (SSSR count). The summed E-state index contributed by atoms with van der Waals surface area (Å²) in [5.41, 5.74) is 0. The van der Waals surface area contributed by atoms with Crippen LogP contribution in [0.2, 0.25) is 0 Å². The molecule has 0 unspecified atom stereocenters. The number of carboxylic acid groups (broad SMARTS) is 1. The van der Waals surface area contributed by atoms with Crippen LogP contribution in [-0.2, 0) is 4.79 Å². The monoisotopic (exact) mass is 117 g/mol. The van der Waals surface area contributed by atoms with Crippen molar-refractivity contribution in [1.82, 2.24) is 0 Å². The Morgan fingerprint density at radius 3 is 1.50 bits per heavy atom. The van der Waals surface area contributed by atoms with E-state index in [0.717, 1.165) is 0 Å². The van der Waals surface area contributed by atoms with E-state index < -0.39 is 5.97 Å². The van der Waals surface area contributed by atoms with Crippen molar-refractivity contribution < 1.29 is 9.90 Å². The van der Waals surface area contributed by atoms with Crippen LogP contribution in [-0.4, -0.2) is 5.97 Å². The molecule has 0 aliphatic carbocycles. The number of carbonyl (C=O) groups excluding carboxylic acids is 1. The molecule has 0 aromatic heterocycles. The Morgan fingerprint density at radius 1 is 1.38 bits per heavy atom. The van der Waals surface area contributed by atoms with Gasteiger partial charge in [0.1, 0.15) is 0 Å². The van der Waals surface area contributed by atoms with E-state index in [0.29, 0.717) is 0 Å². The van der Waals surface area contributed by atoms with Crippen molar-refractivity contribution >= 4 is 5.97 Å². The Balaban J connectivity index is 0. The number of carboxylic acids is 1. The van der Waals surface area contributed by atoms with Gasteiger partial charge in [0, 0.05) is 5.97 Å². The first kappa shape index (κ1) is 10.5. The number of hydrogen-bond donors (Lipinski definition) is 0. The summed E-state index contributed by atoms with van der Waals surface area (Å²) in [5, 5.41) is 9.26. The van der Waals surface area contributed by atoms with Gasteiger partial charge < -0.3 is 9.90 Å². The highest BCUT2D eigenvalue weighted by Gasteiger charge is 1.65. The molecule has 0 aliphatic heterocycles. The fraction of sp³-hybridized carbons (Fsp3) is 0.833. The minimum Gasteiger partial charge on any atom is -0.550 e. The van der Waals surface area contributed by atoms with Crippen LogP contribution >= 0.6 is 0 Å². The number of hydrogen-bond acceptors (Lipinski definition) is 2. The highest BCUT2D eigenvalue weighted by molar-refractivity contribution is 5.63. The Bertz CT molecular complexity index is 50.5. The Kier molecular flexibility index (Phi) is 12.7. The maximum Gasteiger partial charge on any atom is 0.0411 e. The number of rotatable bonds is 1. The zero-order valence-electron chi connectivity index (χ0n) is 5.73. The van der Waals surface area contributed by atoms with Crippen LogP contribution in [0.25, 0.3) is 0 Å². The highest BCUT2D eigenvalue weighted by atomic mass is 16.4. The van der Waals surface area contributed by atoms with E-state index in [9.17, 15) is 9.90 Å². The number of carbonyl (C=O) groups is 1. The van der Waals surface area contributed by atoms with Crippen LogP contribution in [0.1, 0.15) is 33.6 Å². The topological polar surface area (TPSA) is 40.1 Å². The molecule has 0 saturated heterocycles. The Morgan fingerprint density at radius 2 is 1.50 bits per heavy atom. The van der Waals surface area contributed by atoms with Gasteiger partial charge in [0.15, 0.2) is 0 Å². The minimum absolute atomic E-state index is 0.111. The van der Waals surface area contributed by atoms with Crippen molar-refractivity contribution in [1.29, 1.82) is 0 Å². The van der Waals surface area contributed by atoms with Crippen molar-refractivity contribution in [3.8, 4) is 0 Å². The van der Waals surface area contributed by atoms with Gasteiger partial charge in [-0.25, -0.2) is 0 Å². The lowest BCUT2D eigenvalue weighted by Gasteiger charge is -1.87. The van der Waals surface area contributed by atoms with E-state index in [2.05, 4.69) is 13.8 Å². The van der Waals surface area contributed by atoms with E-state index in [1.807, 2.05) is 0 Å². The third kappa shape index (κ3) is 50.6. The smallest absolute Gasteiger partial charge is 0.0411 e. The third-order valence-corrected chi connectivity index (χ3v) is 0.289. The SMILES string of the molecule is CCC.CCC(=O)[O-]. The summed E-state index contributed by atoms with van der Waals surface area (Å²) in [6.07, 6.45) is 1.36. The summed E-state index contributed by atoms with van der Waals surface area (Å²) in [6.45, 7) is 5.79. The first-order valence-corrected chi connectivity index (χ1v) is 2.88. The molecule has 2 nitrogen and oxygen atoms in total. The van der Waals surface area contributed by atoms with Crippen LogP contribution in [0.4, 0.5) is 0 Å². The molecule has 0 radical (unpaired) electrons. The molecule has 0 spiro atoms. The summed E-state index contributed by atoms with van der Waals surface area (Å²) in [5.74, 6) is -0.995. The Labute approximate surface area is 50.5 Å². The lowest BCUT2D eigenvalue weighted by Crippen LogP contribution is -2.19. The first-order valence-electron chi connectivity index (χ1n) is 2.88. The molecule has 0 bridgehead atoms. The van der Waals surface area contributed by atoms with Gasteiger partial charge in [-0.3, -0.25) is 0 Å².